The second-order valence-electron chi connectivity index (χ2n) is 15.0. The first-order valence-electron chi connectivity index (χ1n) is 19.4. The average Bonchev–Trinajstić information content (AvgIpc) is 3.20. The minimum absolute atomic E-state index is 0.0715. The maximum Gasteiger partial charge on any atom is 0.119 e. The lowest BCUT2D eigenvalue weighted by Gasteiger charge is -2.26. The van der Waals surface area contributed by atoms with Gasteiger partial charge < -0.3 is 56.4 Å². The SMILES string of the molecule is COCC(O)COc1ccc(C(C)(C)c2ccc(OCC(O)CNCCN)cc2)cc1.Cc1ccc(C(C)(C)c2ccc(OCC(O)CNCCN)cc2)cc1. The van der Waals surface area contributed by atoms with Crippen molar-refractivity contribution in [3.63, 3.8) is 0 Å². The summed E-state index contributed by atoms with van der Waals surface area (Å²) in [6.45, 7) is 15.2. The maximum absolute atomic E-state index is 9.93. The van der Waals surface area contributed by atoms with Gasteiger partial charge in [-0.05, 0) is 65.6 Å². The Balaban J connectivity index is 0.000000307. The summed E-state index contributed by atoms with van der Waals surface area (Å²) >= 11 is 0. The van der Waals surface area contributed by atoms with Crippen LogP contribution in [0.4, 0.5) is 0 Å². The fourth-order valence-electron chi connectivity index (χ4n) is 5.88. The van der Waals surface area contributed by atoms with Crippen LogP contribution in [-0.4, -0.2) is 106 Å². The Morgan fingerprint density at radius 2 is 0.804 bits per heavy atom. The summed E-state index contributed by atoms with van der Waals surface area (Å²) in [6, 6.07) is 32.6. The average molecular weight is 775 g/mol. The number of methoxy groups -OCH3 is 1. The largest absolute Gasteiger partial charge is 0.491 e. The molecule has 4 aromatic carbocycles. The minimum atomic E-state index is -0.648. The molecule has 56 heavy (non-hydrogen) atoms. The number of rotatable bonds is 23. The third kappa shape index (κ3) is 15.5. The first-order chi connectivity index (χ1) is 26.8. The summed E-state index contributed by atoms with van der Waals surface area (Å²) in [6.07, 6.45) is -1.78. The smallest absolute Gasteiger partial charge is 0.119 e. The Morgan fingerprint density at radius 1 is 0.500 bits per heavy atom. The molecule has 0 aliphatic carbocycles. The highest BCUT2D eigenvalue weighted by molar-refractivity contribution is 5.42. The molecular weight excluding hydrogens is 709 g/mol. The van der Waals surface area contributed by atoms with E-state index in [0.29, 0.717) is 45.0 Å². The van der Waals surface area contributed by atoms with Gasteiger partial charge in [-0.15, -0.1) is 0 Å². The molecular formula is C45H66N4O7. The van der Waals surface area contributed by atoms with Gasteiger partial charge in [0.1, 0.15) is 55.4 Å². The van der Waals surface area contributed by atoms with Gasteiger partial charge >= 0.3 is 0 Å². The van der Waals surface area contributed by atoms with Crippen molar-refractivity contribution in [2.75, 3.05) is 72.8 Å². The van der Waals surface area contributed by atoms with Crippen LogP contribution in [0, 0.1) is 6.92 Å². The van der Waals surface area contributed by atoms with Crippen LogP contribution in [0.5, 0.6) is 17.2 Å². The monoisotopic (exact) mass is 774 g/mol. The topological polar surface area (TPSA) is 174 Å². The summed E-state index contributed by atoms with van der Waals surface area (Å²) in [5, 5.41) is 35.6. The predicted octanol–water partition coefficient (Wildman–Crippen LogP) is 4.30. The Bertz CT molecular complexity index is 1630. The number of nitrogens with two attached hydrogens (primary N) is 2. The molecule has 0 aromatic heterocycles. The number of aliphatic hydroxyl groups excluding tert-OH is 3. The Labute approximate surface area is 334 Å². The fraction of sp³-hybridized carbons (Fsp3) is 0.467. The lowest BCUT2D eigenvalue weighted by Crippen LogP contribution is -2.34. The first-order valence-corrected chi connectivity index (χ1v) is 19.4. The minimum Gasteiger partial charge on any atom is -0.491 e. The second-order valence-corrected chi connectivity index (χ2v) is 15.0. The lowest BCUT2D eigenvalue weighted by atomic mass is 9.78. The van der Waals surface area contributed by atoms with Gasteiger partial charge in [0.05, 0.1) is 6.61 Å². The van der Waals surface area contributed by atoms with Crippen molar-refractivity contribution in [1.29, 1.82) is 0 Å². The van der Waals surface area contributed by atoms with Crippen LogP contribution >= 0.6 is 0 Å². The van der Waals surface area contributed by atoms with Gasteiger partial charge in [-0.2, -0.15) is 0 Å². The van der Waals surface area contributed by atoms with E-state index in [4.69, 9.17) is 30.4 Å². The van der Waals surface area contributed by atoms with Gasteiger partial charge in [-0.1, -0.05) is 93.9 Å². The van der Waals surface area contributed by atoms with Crippen LogP contribution in [0.25, 0.3) is 0 Å². The van der Waals surface area contributed by atoms with Gasteiger partial charge in [0.15, 0.2) is 0 Å². The molecule has 3 unspecified atom stereocenters. The highest BCUT2D eigenvalue weighted by Gasteiger charge is 2.24. The molecule has 3 atom stereocenters. The number of benzene rings is 4. The molecule has 0 heterocycles. The van der Waals surface area contributed by atoms with Crippen molar-refractivity contribution in [3.8, 4) is 17.2 Å². The van der Waals surface area contributed by atoms with E-state index in [1.54, 1.807) is 7.11 Å². The molecule has 4 aromatic rings. The number of aryl methyl sites for hydroxylation is 1. The van der Waals surface area contributed by atoms with E-state index in [1.165, 1.54) is 16.7 Å². The van der Waals surface area contributed by atoms with Crippen LogP contribution < -0.4 is 36.3 Å². The lowest BCUT2D eigenvalue weighted by molar-refractivity contribution is 0.0325. The van der Waals surface area contributed by atoms with Gasteiger partial charge in [-0.25, -0.2) is 0 Å². The predicted molar refractivity (Wildman–Crippen MR) is 225 cm³/mol. The van der Waals surface area contributed by atoms with E-state index in [-0.39, 0.29) is 37.3 Å². The van der Waals surface area contributed by atoms with Crippen molar-refractivity contribution in [1.82, 2.24) is 10.6 Å². The van der Waals surface area contributed by atoms with Crippen molar-refractivity contribution in [3.05, 3.63) is 125 Å². The third-order valence-corrected chi connectivity index (χ3v) is 9.59. The Morgan fingerprint density at radius 3 is 1.11 bits per heavy atom. The van der Waals surface area contributed by atoms with Crippen LogP contribution in [0.3, 0.4) is 0 Å². The number of hydrogen-bond donors (Lipinski definition) is 7. The highest BCUT2D eigenvalue weighted by Crippen LogP contribution is 2.34. The Hall–Kier alpha value is -4.04. The second kappa shape index (κ2) is 23.9. The maximum atomic E-state index is 9.93. The van der Waals surface area contributed by atoms with Crippen molar-refractivity contribution in [2.24, 2.45) is 11.5 Å². The molecule has 0 radical (unpaired) electrons. The number of aliphatic hydroxyl groups is 3. The van der Waals surface area contributed by atoms with Crippen LogP contribution in [0.15, 0.2) is 97.1 Å². The van der Waals surface area contributed by atoms with Gasteiger partial charge in [-0.3, -0.25) is 0 Å². The molecule has 0 amide bonds. The summed E-state index contributed by atoms with van der Waals surface area (Å²) in [7, 11) is 1.55. The summed E-state index contributed by atoms with van der Waals surface area (Å²) in [5.41, 5.74) is 16.6. The molecule has 0 fully saturated rings. The van der Waals surface area contributed by atoms with Crippen molar-refractivity contribution < 1.29 is 34.3 Å². The number of hydrogen-bond acceptors (Lipinski definition) is 11. The zero-order valence-corrected chi connectivity index (χ0v) is 34.2. The number of ether oxygens (including phenoxy) is 4. The summed E-state index contributed by atoms with van der Waals surface area (Å²) in [5.74, 6) is 2.19. The molecule has 0 spiro atoms. The molecule has 0 aliphatic heterocycles. The van der Waals surface area contributed by atoms with Crippen LogP contribution in [-0.2, 0) is 15.6 Å². The van der Waals surface area contributed by atoms with Crippen molar-refractivity contribution >= 4 is 0 Å². The normalized spacial score (nSPS) is 13.3. The molecule has 0 saturated heterocycles. The number of nitrogens with one attached hydrogen (secondary N) is 2. The van der Waals surface area contributed by atoms with Crippen LogP contribution in [0.1, 0.15) is 55.5 Å². The third-order valence-electron chi connectivity index (χ3n) is 9.59. The molecule has 0 bridgehead atoms. The van der Waals surface area contributed by atoms with Gasteiger partial charge in [0.2, 0.25) is 0 Å². The highest BCUT2D eigenvalue weighted by atomic mass is 16.5. The van der Waals surface area contributed by atoms with E-state index in [2.05, 4.69) is 81.7 Å². The van der Waals surface area contributed by atoms with Gasteiger partial charge in [0.25, 0.3) is 0 Å². The van der Waals surface area contributed by atoms with E-state index in [1.807, 2.05) is 60.7 Å². The molecule has 0 aliphatic rings. The van der Waals surface area contributed by atoms with Crippen LogP contribution in [0.2, 0.25) is 0 Å². The zero-order valence-electron chi connectivity index (χ0n) is 34.2. The van der Waals surface area contributed by atoms with E-state index in [0.717, 1.165) is 22.6 Å². The summed E-state index contributed by atoms with van der Waals surface area (Å²) in [4.78, 5) is 0. The molecule has 0 saturated carbocycles. The van der Waals surface area contributed by atoms with E-state index < -0.39 is 18.3 Å². The van der Waals surface area contributed by atoms with Gasteiger partial charge in [0, 0.05) is 57.2 Å². The first kappa shape index (κ1) is 46.3. The molecule has 308 valence electrons. The van der Waals surface area contributed by atoms with E-state index >= 15 is 0 Å². The Kier molecular flexibility index (Phi) is 19.8. The van der Waals surface area contributed by atoms with Crippen molar-refractivity contribution in [2.45, 2.75) is 63.8 Å². The van der Waals surface area contributed by atoms with E-state index in [9.17, 15) is 15.3 Å². The quantitative estimate of drug-likeness (QED) is 0.0536. The zero-order chi connectivity index (χ0) is 41.0. The molecule has 11 nitrogen and oxygen atoms in total. The standard InChI is InChI=1S/C24H36N2O5.C21H30N2O2/c1-24(2,19-6-10-23(11-7-19)31-17-21(28)15-29-3)18-4-8-22(9-5-18)30-16-20(27)14-26-13-12-25;1-16-4-6-17(7-5-16)21(2,3)18-8-10-20(11-9-18)25-15-19(24)14-23-13-12-22/h4-11,20-21,26-28H,12-17,25H2,1-3H3;4-11,19,23-24H,12-15,22H2,1-3H3. The molecule has 4 rings (SSSR count). The summed E-state index contributed by atoms with van der Waals surface area (Å²) < 4.78 is 21.9. The molecule has 9 N–H and O–H groups in total. The molecule has 11 heteroatoms. The fourth-order valence-corrected chi connectivity index (χ4v) is 5.88.